The van der Waals surface area contributed by atoms with Crippen LogP contribution in [0.15, 0.2) is 35.3 Å². The third-order valence-corrected chi connectivity index (χ3v) is 5.39. The lowest BCUT2D eigenvalue weighted by Gasteiger charge is -2.30. The first-order valence-corrected chi connectivity index (χ1v) is 9.48. The van der Waals surface area contributed by atoms with Gasteiger partial charge in [0.25, 0.3) is 0 Å². The first-order valence-electron chi connectivity index (χ1n) is 9.10. The molecular weight excluding hydrogens is 418 g/mol. The lowest BCUT2D eigenvalue weighted by molar-refractivity contribution is 0.0695. The zero-order valence-electron chi connectivity index (χ0n) is 15.6. The Morgan fingerprint density at radius 2 is 1.80 bits per heavy atom. The second kappa shape index (κ2) is 7.58. The molecule has 3 aromatic rings. The van der Waals surface area contributed by atoms with Crippen LogP contribution in [-0.4, -0.2) is 41.8 Å². The van der Waals surface area contributed by atoms with E-state index in [9.17, 15) is 23.5 Å². The largest absolute Gasteiger partial charge is 0.477 e. The zero-order chi connectivity index (χ0) is 21.6. The molecule has 0 amide bonds. The molecule has 0 radical (unpaired) electrons. The third kappa shape index (κ3) is 3.35. The van der Waals surface area contributed by atoms with Crippen LogP contribution < -0.4 is 21.4 Å². The van der Waals surface area contributed by atoms with Gasteiger partial charge >= 0.3 is 5.97 Å². The molecule has 4 N–H and O–H groups in total. The van der Waals surface area contributed by atoms with Crippen molar-refractivity contribution in [3.8, 4) is 5.69 Å². The van der Waals surface area contributed by atoms with E-state index in [0.29, 0.717) is 26.2 Å². The van der Waals surface area contributed by atoms with E-state index in [4.69, 9.17) is 17.3 Å². The van der Waals surface area contributed by atoms with Crippen molar-refractivity contribution in [2.75, 3.05) is 36.8 Å². The van der Waals surface area contributed by atoms with Crippen LogP contribution in [0.1, 0.15) is 10.4 Å². The van der Waals surface area contributed by atoms with E-state index in [2.05, 4.69) is 5.32 Å². The quantitative estimate of drug-likeness (QED) is 0.548. The maximum Gasteiger partial charge on any atom is 0.341 e. The molecular formula is C20H17ClF2N4O3. The van der Waals surface area contributed by atoms with E-state index >= 15 is 0 Å². The lowest BCUT2D eigenvalue weighted by atomic mass is 10.1. The maximum absolute atomic E-state index is 14.9. The average Bonchev–Trinajstić information content (AvgIpc) is 2.71. The molecule has 2 aromatic carbocycles. The normalized spacial score (nSPS) is 14.3. The molecule has 0 saturated carbocycles. The Kier molecular flexibility index (Phi) is 5.08. The number of benzene rings is 2. The molecule has 30 heavy (non-hydrogen) atoms. The van der Waals surface area contributed by atoms with Crippen molar-refractivity contribution in [3.05, 3.63) is 62.9 Å². The smallest absolute Gasteiger partial charge is 0.341 e. The number of carboxylic acids is 1. The molecule has 4 rings (SSSR count). The van der Waals surface area contributed by atoms with Gasteiger partial charge in [-0.15, -0.1) is 0 Å². The predicted molar refractivity (Wildman–Crippen MR) is 111 cm³/mol. The van der Waals surface area contributed by atoms with Crippen molar-refractivity contribution in [1.82, 2.24) is 9.88 Å². The van der Waals surface area contributed by atoms with E-state index in [1.165, 1.54) is 16.7 Å². The van der Waals surface area contributed by atoms with Crippen LogP contribution in [0, 0.1) is 11.6 Å². The number of carboxylic acid groups (broad SMARTS) is 1. The van der Waals surface area contributed by atoms with Crippen molar-refractivity contribution in [3.63, 3.8) is 0 Å². The number of piperazine rings is 1. The van der Waals surface area contributed by atoms with Gasteiger partial charge in [0.2, 0.25) is 5.43 Å². The summed E-state index contributed by atoms with van der Waals surface area (Å²) in [5.74, 6) is -2.85. The highest BCUT2D eigenvalue weighted by atomic mass is 35.5. The van der Waals surface area contributed by atoms with Crippen LogP contribution in [0.5, 0.6) is 0 Å². The van der Waals surface area contributed by atoms with Crippen LogP contribution in [0.3, 0.4) is 0 Å². The fourth-order valence-corrected chi connectivity index (χ4v) is 3.81. The summed E-state index contributed by atoms with van der Waals surface area (Å²) in [5.41, 5.74) is 4.73. The minimum absolute atomic E-state index is 0.0453. The van der Waals surface area contributed by atoms with Gasteiger partial charge in [-0.1, -0.05) is 11.6 Å². The van der Waals surface area contributed by atoms with Crippen LogP contribution in [0.25, 0.3) is 16.6 Å². The molecule has 0 bridgehead atoms. The second-order valence-electron chi connectivity index (χ2n) is 6.93. The third-order valence-electron chi connectivity index (χ3n) is 5.09. The lowest BCUT2D eigenvalue weighted by Crippen LogP contribution is -2.43. The number of carbonyl (C=O) groups is 1. The van der Waals surface area contributed by atoms with Crippen molar-refractivity contribution in [2.45, 2.75) is 0 Å². The molecule has 2 heterocycles. The minimum atomic E-state index is -1.48. The molecule has 1 aliphatic rings. The van der Waals surface area contributed by atoms with Crippen LogP contribution >= 0.6 is 11.6 Å². The summed E-state index contributed by atoms with van der Waals surface area (Å²) < 4.78 is 30.0. The van der Waals surface area contributed by atoms with Crippen molar-refractivity contribution < 1.29 is 18.7 Å². The van der Waals surface area contributed by atoms with Gasteiger partial charge in [0.15, 0.2) is 0 Å². The molecule has 0 unspecified atom stereocenters. The maximum atomic E-state index is 14.9. The number of halogens is 3. The van der Waals surface area contributed by atoms with Crippen molar-refractivity contribution in [1.29, 1.82) is 0 Å². The Morgan fingerprint density at radius 3 is 2.47 bits per heavy atom. The molecule has 0 spiro atoms. The van der Waals surface area contributed by atoms with Crippen LogP contribution in [-0.2, 0) is 0 Å². The molecule has 0 atom stereocenters. The van der Waals surface area contributed by atoms with Gasteiger partial charge in [-0.25, -0.2) is 13.6 Å². The molecule has 1 saturated heterocycles. The van der Waals surface area contributed by atoms with Gasteiger partial charge in [0.05, 0.1) is 27.6 Å². The van der Waals surface area contributed by atoms with Gasteiger partial charge < -0.3 is 25.6 Å². The van der Waals surface area contributed by atoms with Crippen LogP contribution in [0.2, 0.25) is 5.02 Å². The molecule has 0 aliphatic carbocycles. The van der Waals surface area contributed by atoms with Crippen LogP contribution in [0.4, 0.5) is 20.2 Å². The number of nitrogens with two attached hydrogens (primary N) is 1. The van der Waals surface area contributed by atoms with Gasteiger partial charge in [-0.05, 0) is 24.3 Å². The summed E-state index contributed by atoms with van der Waals surface area (Å²) in [5, 5.41) is 12.4. The summed E-state index contributed by atoms with van der Waals surface area (Å²) in [6, 6.07) is 4.73. The standard InChI is InChI=1S/C20H17ClF2N4O3/c21-12-6-13(22)15(24)7-17(12)27-9-11(20(29)30)19(28)10-5-14(23)18(8-16(10)27)26-3-1-25-2-4-26/h5-9,25H,1-4,24H2,(H,29,30). The summed E-state index contributed by atoms with van der Waals surface area (Å²) in [6.07, 6.45) is 1.09. The average molecular weight is 435 g/mol. The van der Waals surface area contributed by atoms with Gasteiger partial charge in [0.1, 0.15) is 17.2 Å². The SMILES string of the molecule is Nc1cc(-n2cc(C(=O)O)c(=O)c3cc(F)c(N4CCNCC4)cc32)c(Cl)cc1F. The van der Waals surface area contributed by atoms with E-state index in [1.54, 1.807) is 0 Å². The molecule has 1 aliphatic heterocycles. The van der Waals surface area contributed by atoms with Gasteiger partial charge in [0, 0.05) is 37.8 Å². The Balaban J connectivity index is 2.07. The first-order chi connectivity index (χ1) is 14.3. The number of aromatic carboxylic acids is 1. The first kappa shape index (κ1) is 20.1. The number of nitrogens with zero attached hydrogens (tertiary/aromatic N) is 2. The van der Waals surface area contributed by atoms with Gasteiger partial charge in [-0.3, -0.25) is 4.79 Å². The number of nitrogens with one attached hydrogen (secondary N) is 1. The zero-order valence-corrected chi connectivity index (χ0v) is 16.3. The van der Waals surface area contributed by atoms with Gasteiger partial charge in [-0.2, -0.15) is 0 Å². The Labute approximate surface area is 174 Å². The predicted octanol–water partition coefficient (Wildman–Crippen LogP) is 2.61. The van der Waals surface area contributed by atoms with Crippen molar-refractivity contribution >= 4 is 39.8 Å². The number of aromatic nitrogens is 1. The van der Waals surface area contributed by atoms with Crippen molar-refractivity contribution in [2.24, 2.45) is 0 Å². The summed E-state index contributed by atoms with van der Waals surface area (Å²) in [4.78, 5) is 26.1. The summed E-state index contributed by atoms with van der Waals surface area (Å²) in [7, 11) is 0. The second-order valence-corrected chi connectivity index (χ2v) is 7.34. The highest BCUT2D eigenvalue weighted by Gasteiger charge is 2.22. The van der Waals surface area contributed by atoms with E-state index in [1.807, 2.05) is 4.90 Å². The number of pyridine rings is 1. The fourth-order valence-electron chi connectivity index (χ4n) is 3.57. The molecule has 7 nitrogen and oxygen atoms in total. The molecule has 1 fully saturated rings. The number of fused-ring (bicyclic) bond motifs is 1. The number of hydrogen-bond acceptors (Lipinski definition) is 5. The van der Waals surface area contributed by atoms with E-state index < -0.39 is 28.6 Å². The number of anilines is 2. The molecule has 10 heteroatoms. The Hall–Kier alpha value is -3.17. The highest BCUT2D eigenvalue weighted by molar-refractivity contribution is 6.32. The highest BCUT2D eigenvalue weighted by Crippen LogP contribution is 2.31. The number of rotatable bonds is 3. The Bertz CT molecular complexity index is 1240. The minimum Gasteiger partial charge on any atom is -0.477 e. The molecule has 156 valence electrons. The molecule has 1 aromatic heterocycles. The summed E-state index contributed by atoms with van der Waals surface area (Å²) >= 11 is 6.19. The van der Waals surface area contributed by atoms with E-state index in [0.717, 1.165) is 18.3 Å². The van der Waals surface area contributed by atoms with E-state index in [-0.39, 0.29) is 33.0 Å². The fraction of sp³-hybridized carbons (Fsp3) is 0.200. The monoisotopic (exact) mass is 434 g/mol. The number of nitrogen functional groups attached to an aromatic ring is 1. The summed E-state index contributed by atoms with van der Waals surface area (Å²) in [6.45, 7) is 2.46. The Morgan fingerprint density at radius 1 is 1.10 bits per heavy atom. The number of hydrogen-bond donors (Lipinski definition) is 3. The topological polar surface area (TPSA) is 101 Å².